The monoisotopic (exact) mass is 168 g/mol. The zero-order valence-electron chi connectivity index (χ0n) is 6.74. The first-order valence-electron chi connectivity index (χ1n) is 3.49. The summed E-state index contributed by atoms with van der Waals surface area (Å²) in [5.74, 6) is 0. The van der Waals surface area contributed by atoms with E-state index in [1.54, 1.807) is 11.8 Å². The van der Waals surface area contributed by atoms with Gasteiger partial charge in [0, 0.05) is 12.2 Å². The second kappa shape index (κ2) is 3.74. The third-order valence-corrected chi connectivity index (χ3v) is 2.15. The summed E-state index contributed by atoms with van der Waals surface area (Å²) >= 11 is 1.64. The van der Waals surface area contributed by atoms with E-state index in [1.807, 2.05) is 31.5 Å². The fourth-order valence-electron chi connectivity index (χ4n) is 0.782. The zero-order chi connectivity index (χ0) is 8.27. The number of pyridine rings is 1. The number of hydrogen-bond donors (Lipinski definition) is 1. The largest absolute Gasteiger partial charge is 0.324 e. The van der Waals surface area contributed by atoms with Gasteiger partial charge in [-0.2, -0.15) is 0 Å². The molecule has 1 rings (SSSR count). The lowest BCUT2D eigenvalue weighted by atomic mass is 10.2. The minimum Gasteiger partial charge on any atom is -0.324 e. The maximum absolute atomic E-state index is 5.66. The van der Waals surface area contributed by atoms with Gasteiger partial charge in [-0.3, -0.25) is 0 Å². The fourth-order valence-corrected chi connectivity index (χ4v) is 1.14. The summed E-state index contributed by atoms with van der Waals surface area (Å²) in [5.41, 5.74) is 6.74. The van der Waals surface area contributed by atoms with E-state index in [9.17, 15) is 0 Å². The van der Waals surface area contributed by atoms with Crippen LogP contribution in [0.4, 0.5) is 0 Å². The van der Waals surface area contributed by atoms with Gasteiger partial charge in [-0.05, 0) is 24.8 Å². The summed E-state index contributed by atoms with van der Waals surface area (Å²) in [5, 5.41) is 1.04. The molecule has 1 aromatic heterocycles. The molecule has 11 heavy (non-hydrogen) atoms. The second-order valence-corrected chi connectivity index (χ2v) is 3.25. The van der Waals surface area contributed by atoms with Crippen molar-refractivity contribution in [1.29, 1.82) is 0 Å². The molecular formula is C8H12N2S. The van der Waals surface area contributed by atoms with E-state index in [2.05, 4.69) is 4.98 Å². The normalized spacial score (nSPS) is 13.0. The van der Waals surface area contributed by atoms with Crippen LogP contribution in [-0.2, 0) is 0 Å². The van der Waals surface area contributed by atoms with Crippen molar-refractivity contribution in [2.75, 3.05) is 6.26 Å². The van der Waals surface area contributed by atoms with Gasteiger partial charge < -0.3 is 5.73 Å². The molecule has 60 valence electrons. The van der Waals surface area contributed by atoms with Crippen molar-refractivity contribution in [2.24, 2.45) is 5.73 Å². The van der Waals surface area contributed by atoms with Crippen molar-refractivity contribution in [2.45, 2.75) is 18.0 Å². The Kier molecular flexibility index (Phi) is 2.91. The van der Waals surface area contributed by atoms with Gasteiger partial charge in [0.05, 0.1) is 5.03 Å². The maximum Gasteiger partial charge on any atom is 0.0957 e. The predicted molar refractivity (Wildman–Crippen MR) is 48.6 cm³/mol. The number of nitrogens with two attached hydrogens (primary N) is 1. The van der Waals surface area contributed by atoms with Crippen LogP contribution in [0.5, 0.6) is 0 Å². The van der Waals surface area contributed by atoms with Crippen molar-refractivity contribution in [1.82, 2.24) is 4.98 Å². The molecule has 2 nitrogen and oxygen atoms in total. The SMILES string of the molecule is CSc1ccc(C(C)N)cn1. The molecule has 0 aliphatic rings. The molecule has 0 radical (unpaired) electrons. The third-order valence-electron chi connectivity index (χ3n) is 1.49. The van der Waals surface area contributed by atoms with Crippen molar-refractivity contribution in [3.8, 4) is 0 Å². The molecule has 0 aromatic carbocycles. The van der Waals surface area contributed by atoms with Gasteiger partial charge >= 0.3 is 0 Å². The van der Waals surface area contributed by atoms with Gasteiger partial charge in [0.15, 0.2) is 0 Å². The lowest BCUT2D eigenvalue weighted by molar-refractivity contribution is 0.806. The molecule has 1 unspecified atom stereocenters. The first-order valence-corrected chi connectivity index (χ1v) is 4.72. The molecule has 0 saturated carbocycles. The van der Waals surface area contributed by atoms with Crippen LogP contribution in [0.2, 0.25) is 0 Å². The van der Waals surface area contributed by atoms with Crippen LogP contribution in [-0.4, -0.2) is 11.2 Å². The van der Waals surface area contributed by atoms with E-state index < -0.39 is 0 Å². The Morgan fingerprint density at radius 3 is 2.64 bits per heavy atom. The average Bonchev–Trinajstić information content (AvgIpc) is 2.05. The Bertz CT molecular complexity index is 218. The highest BCUT2D eigenvalue weighted by Gasteiger charge is 1.98. The van der Waals surface area contributed by atoms with Crippen LogP contribution >= 0.6 is 11.8 Å². The van der Waals surface area contributed by atoms with Crippen LogP contribution in [0.1, 0.15) is 18.5 Å². The summed E-state index contributed by atoms with van der Waals surface area (Å²) in [4.78, 5) is 4.20. The first-order chi connectivity index (χ1) is 5.24. The molecule has 0 saturated heterocycles. The summed E-state index contributed by atoms with van der Waals surface area (Å²) in [6.45, 7) is 1.95. The molecule has 0 aliphatic carbocycles. The van der Waals surface area contributed by atoms with Gasteiger partial charge in [0.2, 0.25) is 0 Å². The van der Waals surface area contributed by atoms with Crippen molar-refractivity contribution < 1.29 is 0 Å². The highest BCUT2D eigenvalue weighted by molar-refractivity contribution is 7.98. The van der Waals surface area contributed by atoms with Crippen LogP contribution in [0.3, 0.4) is 0 Å². The van der Waals surface area contributed by atoms with E-state index in [1.165, 1.54) is 0 Å². The Labute approximate surface area is 71.2 Å². The topological polar surface area (TPSA) is 38.9 Å². The van der Waals surface area contributed by atoms with Crippen LogP contribution in [0, 0.1) is 0 Å². The lowest BCUT2D eigenvalue weighted by Gasteiger charge is -2.04. The van der Waals surface area contributed by atoms with Crippen LogP contribution in [0.25, 0.3) is 0 Å². The Balaban J connectivity index is 2.83. The highest BCUT2D eigenvalue weighted by atomic mass is 32.2. The van der Waals surface area contributed by atoms with Crippen molar-refractivity contribution >= 4 is 11.8 Å². The zero-order valence-corrected chi connectivity index (χ0v) is 7.56. The maximum atomic E-state index is 5.66. The molecule has 1 heterocycles. The average molecular weight is 168 g/mol. The molecular weight excluding hydrogens is 156 g/mol. The van der Waals surface area contributed by atoms with E-state index in [4.69, 9.17) is 5.73 Å². The van der Waals surface area contributed by atoms with Gasteiger partial charge in [-0.1, -0.05) is 6.07 Å². The molecule has 1 atom stereocenters. The molecule has 0 aliphatic heterocycles. The summed E-state index contributed by atoms with van der Waals surface area (Å²) in [6, 6.07) is 4.09. The first kappa shape index (κ1) is 8.56. The molecule has 0 spiro atoms. The fraction of sp³-hybridized carbons (Fsp3) is 0.375. The minimum atomic E-state index is 0.0819. The molecule has 0 amide bonds. The minimum absolute atomic E-state index is 0.0819. The highest BCUT2D eigenvalue weighted by Crippen LogP contribution is 2.13. The number of thioether (sulfide) groups is 1. The molecule has 2 N–H and O–H groups in total. The molecule has 0 fully saturated rings. The summed E-state index contributed by atoms with van der Waals surface area (Å²) in [6.07, 6.45) is 3.84. The van der Waals surface area contributed by atoms with Crippen molar-refractivity contribution in [3.05, 3.63) is 23.9 Å². The van der Waals surface area contributed by atoms with E-state index >= 15 is 0 Å². The smallest absolute Gasteiger partial charge is 0.0957 e. The molecule has 3 heteroatoms. The standard InChI is InChI=1S/C8H12N2S/c1-6(9)7-3-4-8(11-2)10-5-7/h3-6H,9H2,1-2H3. The van der Waals surface area contributed by atoms with Crippen LogP contribution < -0.4 is 5.73 Å². The van der Waals surface area contributed by atoms with Gasteiger partial charge in [0.25, 0.3) is 0 Å². The number of aromatic nitrogens is 1. The predicted octanol–water partition coefficient (Wildman–Crippen LogP) is 1.82. The summed E-state index contributed by atoms with van der Waals surface area (Å²) < 4.78 is 0. The number of rotatable bonds is 2. The Hall–Kier alpha value is -0.540. The van der Waals surface area contributed by atoms with Crippen molar-refractivity contribution in [3.63, 3.8) is 0 Å². The number of hydrogen-bond acceptors (Lipinski definition) is 3. The van der Waals surface area contributed by atoms with Gasteiger partial charge in [0.1, 0.15) is 0 Å². The van der Waals surface area contributed by atoms with Gasteiger partial charge in [-0.15, -0.1) is 11.8 Å². The third kappa shape index (κ3) is 2.20. The Morgan fingerprint density at radius 1 is 1.55 bits per heavy atom. The molecule has 1 aromatic rings. The van der Waals surface area contributed by atoms with E-state index in [0.29, 0.717) is 0 Å². The lowest BCUT2D eigenvalue weighted by Crippen LogP contribution is -2.04. The molecule has 0 bridgehead atoms. The van der Waals surface area contributed by atoms with E-state index in [-0.39, 0.29) is 6.04 Å². The summed E-state index contributed by atoms with van der Waals surface area (Å²) in [7, 11) is 0. The number of nitrogens with zero attached hydrogens (tertiary/aromatic N) is 1. The quantitative estimate of drug-likeness (QED) is 0.685. The van der Waals surface area contributed by atoms with E-state index in [0.717, 1.165) is 10.6 Å². The van der Waals surface area contributed by atoms with Crippen LogP contribution in [0.15, 0.2) is 23.4 Å². The second-order valence-electron chi connectivity index (χ2n) is 2.42. The Morgan fingerprint density at radius 2 is 2.27 bits per heavy atom. The van der Waals surface area contributed by atoms with Gasteiger partial charge in [-0.25, -0.2) is 4.98 Å².